The molecule has 0 bridgehead atoms. The van der Waals surface area contributed by atoms with Crippen molar-refractivity contribution in [1.29, 1.82) is 0 Å². The van der Waals surface area contributed by atoms with Crippen molar-refractivity contribution >= 4 is 28.1 Å². The second-order valence-electron chi connectivity index (χ2n) is 16.0. The molecular formula is C46H82N6S. The summed E-state index contributed by atoms with van der Waals surface area (Å²) in [5, 5.41) is 20.1. The Morgan fingerprint density at radius 2 is 1.04 bits per heavy atom. The fourth-order valence-corrected chi connectivity index (χ4v) is 8.74. The molecule has 0 aliphatic rings. The number of rotatable bonds is 36. The van der Waals surface area contributed by atoms with Gasteiger partial charge in [0.1, 0.15) is 0 Å². The Bertz CT molecular complexity index is 1310. The van der Waals surface area contributed by atoms with Crippen LogP contribution in [0.25, 0.3) is 11.7 Å². The summed E-state index contributed by atoms with van der Waals surface area (Å²) < 4.78 is 1.99. The fraction of sp³-hybridized carbons (Fsp3) is 0.804. The predicted molar refractivity (Wildman–Crippen MR) is 233 cm³/mol. The zero-order valence-electron chi connectivity index (χ0n) is 35.2. The topological polar surface area (TPSA) is 58.4 Å². The molecule has 3 heterocycles. The first-order chi connectivity index (χ1) is 26.2. The first kappa shape index (κ1) is 45.4. The number of thiophene rings is 1. The summed E-state index contributed by atoms with van der Waals surface area (Å²) >= 11 is 1.95. The average molecular weight is 751 g/mol. The molecule has 6 nitrogen and oxygen atoms in total. The second-order valence-corrected chi connectivity index (χ2v) is 17.1. The standard InChI is InChI=1S/C46H82N6S/c1-5-8-11-14-17-20-21-22-23-24-25-28-31-34-43-42(46-49-48-44(40-47-4)52(46)50-43)39-41-35-36-45(53-41)51(37-32-29-26-18-15-12-9-6-2)38-33-30-27-19-16-13-10-7-3/h35-36,39,47H,5-34,37-38,40H2,1-4H3/b42-39-. The molecule has 0 aliphatic heterocycles. The molecule has 0 saturated carbocycles. The summed E-state index contributed by atoms with van der Waals surface area (Å²) in [7, 11) is 1.96. The number of aryl methyl sites for hydroxylation is 1. The van der Waals surface area contributed by atoms with Gasteiger partial charge in [0.15, 0.2) is 11.5 Å². The van der Waals surface area contributed by atoms with E-state index < -0.39 is 0 Å². The average Bonchev–Trinajstić information content (AvgIpc) is 3.89. The molecule has 0 aliphatic carbocycles. The Morgan fingerprint density at radius 1 is 0.585 bits per heavy atom. The molecule has 0 spiro atoms. The van der Waals surface area contributed by atoms with Gasteiger partial charge >= 0.3 is 0 Å². The second kappa shape index (κ2) is 30.3. The molecule has 53 heavy (non-hydrogen) atoms. The molecule has 0 radical (unpaired) electrons. The van der Waals surface area contributed by atoms with Crippen molar-refractivity contribution in [2.75, 3.05) is 25.0 Å². The summed E-state index contributed by atoms with van der Waals surface area (Å²) in [4.78, 5) is 4.00. The van der Waals surface area contributed by atoms with Crippen LogP contribution in [0.5, 0.6) is 0 Å². The van der Waals surface area contributed by atoms with E-state index in [0.717, 1.165) is 17.9 Å². The molecule has 3 rings (SSSR count). The van der Waals surface area contributed by atoms with E-state index in [-0.39, 0.29) is 0 Å². The van der Waals surface area contributed by atoms with E-state index in [0.29, 0.717) is 6.54 Å². The summed E-state index contributed by atoms with van der Waals surface area (Å²) in [5.74, 6) is 0.891. The van der Waals surface area contributed by atoms with Gasteiger partial charge in [-0.2, -0.15) is 9.61 Å². The SMILES string of the molecule is CCCCCCCCCCCCCCCc1nn2c(CNC)nnc2/c1=C\c1ccc(N(CCCCCCCCCC)CCCCCCCCCC)s1. The molecule has 0 saturated heterocycles. The van der Waals surface area contributed by atoms with Crippen LogP contribution in [0, 0.1) is 0 Å². The van der Waals surface area contributed by atoms with E-state index in [9.17, 15) is 0 Å². The van der Waals surface area contributed by atoms with Crippen molar-refractivity contribution in [3.8, 4) is 0 Å². The maximum atomic E-state index is 5.10. The van der Waals surface area contributed by atoms with E-state index in [1.54, 1.807) is 0 Å². The number of nitrogens with zero attached hydrogens (tertiary/aromatic N) is 5. The Labute approximate surface area is 330 Å². The third-order valence-corrected chi connectivity index (χ3v) is 12.2. The number of hydrogen-bond acceptors (Lipinski definition) is 6. The molecule has 0 fully saturated rings. The molecule has 0 atom stereocenters. The van der Waals surface area contributed by atoms with E-state index >= 15 is 0 Å². The number of unbranched alkanes of at least 4 members (excludes halogenated alkanes) is 26. The van der Waals surface area contributed by atoms with Gasteiger partial charge in [0.25, 0.3) is 0 Å². The van der Waals surface area contributed by atoms with Gasteiger partial charge < -0.3 is 10.2 Å². The van der Waals surface area contributed by atoms with Gasteiger partial charge in [-0.15, -0.1) is 21.5 Å². The lowest BCUT2D eigenvalue weighted by Gasteiger charge is -2.23. The minimum Gasteiger partial charge on any atom is -0.363 e. The maximum absolute atomic E-state index is 5.10. The van der Waals surface area contributed by atoms with Crippen LogP contribution >= 0.6 is 11.3 Å². The van der Waals surface area contributed by atoms with Crippen LogP contribution in [0.4, 0.5) is 5.00 Å². The summed E-state index contributed by atoms with van der Waals surface area (Å²) in [6.07, 6.45) is 43.2. The lowest BCUT2D eigenvalue weighted by molar-refractivity contribution is 0.538. The minimum absolute atomic E-state index is 0.672. The van der Waals surface area contributed by atoms with Crippen molar-refractivity contribution in [1.82, 2.24) is 25.1 Å². The first-order valence-corrected chi connectivity index (χ1v) is 23.8. The minimum atomic E-state index is 0.672. The number of hydrogen-bond donors (Lipinski definition) is 1. The summed E-state index contributed by atoms with van der Waals surface area (Å²) in [6.45, 7) is 9.94. The highest BCUT2D eigenvalue weighted by atomic mass is 32.1. The predicted octanol–water partition coefficient (Wildman–Crippen LogP) is 13.2. The highest BCUT2D eigenvalue weighted by molar-refractivity contribution is 7.16. The lowest BCUT2D eigenvalue weighted by atomic mass is 10.0. The summed E-state index contributed by atoms with van der Waals surface area (Å²) in [6, 6.07) is 4.71. The van der Waals surface area contributed by atoms with E-state index in [1.165, 1.54) is 220 Å². The van der Waals surface area contributed by atoms with Crippen LogP contribution in [0.2, 0.25) is 0 Å². The zero-order valence-corrected chi connectivity index (χ0v) is 36.0. The van der Waals surface area contributed by atoms with Crippen molar-refractivity contribution in [3.05, 3.63) is 33.7 Å². The van der Waals surface area contributed by atoms with Crippen molar-refractivity contribution < 1.29 is 0 Å². The van der Waals surface area contributed by atoms with Crippen LogP contribution in [0.15, 0.2) is 12.1 Å². The Hall–Kier alpha value is -1.99. The third-order valence-electron chi connectivity index (χ3n) is 11.1. The van der Waals surface area contributed by atoms with E-state index in [2.05, 4.69) is 59.4 Å². The highest BCUT2D eigenvalue weighted by Crippen LogP contribution is 2.28. The van der Waals surface area contributed by atoms with Crippen molar-refractivity contribution in [2.24, 2.45) is 0 Å². The van der Waals surface area contributed by atoms with E-state index in [4.69, 9.17) is 5.10 Å². The molecule has 0 amide bonds. The van der Waals surface area contributed by atoms with Gasteiger partial charge in [0, 0.05) is 23.2 Å². The highest BCUT2D eigenvalue weighted by Gasteiger charge is 2.15. The zero-order chi connectivity index (χ0) is 37.6. The van der Waals surface area contributed by atoms with Crippen molar-refractivity contribution in [3.63, 3.8) is 0 Å². The molecule has 3 aromatic heterocycles. The molecule has 1 N–H and O–H groups in total. The van der Waals surface area contributed by atoms with Gasteiger partial charge in [0.05, 0.1) is 17.2 Å². The Morgan fingerprint density at radius 3 is 1.51 bits per heavy atom. The van der Waals surface area contributed by atoms with Crippen LogP contribution in [0.3, 0.4) is 0 Å². The van der Waals surface area contributed by atoms with Crippen LogP contribution < -0.4 is 15.4 Å². The maximum Gasteiger partial charge on any atom is 0.187 e. The lowest BCUT2D eigenvalue weighted by Crippen LogP contribution is -2.24. The van der Waals surface area contributed by atoms with Gasteiger partial charge in [-0.1, -0.05) is 188 Å². The number of nitrogens with one attached hydrogen (secondary N) is 1. The number of aromatic nitrogens is 4. The monoisotopic (exact) mass is 751 g/mol. The fourth-order valence-electron chi connectivity index (χ4n) is 7.74. The van der Waals surface area contributed by atoms with Crippen molar-refractivity contribution in [2.45, 2.75) is 220 Å². The Kier molecular flexibility index (Phi) is 25.9. The molecular weight excluding hydrogens is 669 g/mol. The summed E-state index contributed by atoms with van der Waals surface area (Å²) in [5.41, 5.74) is 2.09. The molecule has 0 aromatic carbocycles. The van der Waals surface area contributed by atoms with Crippen LogP contribution in [-0.2, 0) is 13.0 Å². The normalized spacial score (nSPS) is 12.2. The van der Waals surface area contributed by atoms with Crippen LogP contribution in [-0.4, -0.2) is 39.9 Å². The largest absolute Gasteiger partial charge is 0.363 e. The van der Waals surface area contributed by atoms with Gasteiger partial charge in [-0.3, -0.25) is 0 Å². The molecule has 7 heteroatoms. The first-order valence-electron chi connectivity index (χ1n) is 23.0. The van der Waals surface area contributed by atoms with Gasteiger partial charge in [-0.05, 0) is 50.9 Å². The Balaban J connectivity index is 1.58. The number of fused-ring (bicyclic) bond motifs is 1. The molecule has 0 unspecified atom stereocenters. The number of anilines is 1. The smallest absolute Gasteiger partial charge is 0.187 e. The molecule has 302 valence electrons. The van der Waals surface area contributed by atoms with Crippen LogP contribution in [0.1, 0.15) is 223 Å². The van der Waals surface area contributed by atoms with E-state index in [1.807, 2.05) is 22.9 Å². The third kappa shape index (κ3) is 18.9. The van der Waals surface area contributed by atoms with Gasteiger partial charge in [-0.25, -0.2) is 0 Å². The van der Waals surface area contributed by atoms with Gasteiger partial charge in [0.2, 0.25) is 0 Å². The molecule has 3 aromatic rings. The quantitative estimate of drug-likeness (QED) is 0.0600.